The van der Waals surface area contributed by atoms with Crippen LogP contribution >= 0.6 is 0 Å². The molecule has 8 aromatic rings. The Morgan fingerprint density at radius 2 is 0.923 bits per heavy atom. The summed E-state index contributed by atoms with van der Waals surface area (Å²) >= 11 is 0. The van der Waals surface area contributed by atoms with Gasteiger partial charge < -0.3 is 9.47 Å². The molecule has 0 spiro atoms. The summed E-state index contributed by atoms with van der Waals surface area (Å²) in [4.78, 5) is 2.50. The Hall–Kier alpha value is -5.86. The molecular weight excluding hydrogens is 785 g/mol. The third kappa shape index (κ3) is 9.07. The molecule has 1 aromatic heterocycles. The molecule has 0 fully saturated rings. The number of nitrogens with zero attached hydrogens (tertiary/aromatic N) is 2. The Morgan fingerprint density at radius 1 is 0.415 bits per heavy atom. The number of hydrogen-bond acceptors (Lipinski definition) is 1. The third-order valence-electron chi connectivity index (χ3n) is 14.9. The van der Waals surface area contributed by atoms with E-state index >= 15 is 0 Å². The summed E-state index contributed by atoms with van der Waals surface area (Å²) < 4.78 is 2.53. The van der Waals surface area contributed by atoms with E-state index in [2.05, 4.69) is 201 Å². The van der Waals surface area contributed by atoms with Gasteiger partial charge in [0, 0.05) is 50.3 Å². The second kappa shape index (κ2) is 20.5. The van der Waals surface area contributed by atoms with E-state index in [1.165, 1.54) is 168 Å². The largest absolute Gasteiger partial charge is 0.338 e. The van der Waals surface area contributed by atoms with E-state index < -0.39 is 0 Å². The zero-order chi connectivity index (χ0) is 44.6. The van der Waals surface area contributed by atoms with Gasteiger partial charge in [-0.05, 0) is 125 Å². The van der Waals surface area contributed by atoms with Crippen LogP contribution in [0, 0.1) is 0 Å². The quantitative estimate of drug-likeness (QED) is 0.0654. The van der Waals surface area contributed by atoms with Crippen LogP contribution in [0.5, 0.6) is 0 Å². The fourth-order valence-electron chi connectivity index (χ4n) is 11.2. The molecule has 0 saturated carbocycles. The van der Waals surface area contributed by atoms with Gasteiger partial charge in [0.05, 0.1) is 0 Å². The molecule has 9 rings (SSSR count). The van der Waals surface area contributed by atoms with E-state index in [1.807, 2.05) is 0 Å². The molecule has 2 nitrogen and oxygen atoms in total. The lowest BCUT2D eigenvalue weighted by Gasteiger charge is -2.34. The highest BCUT2D eigenvalue weighted by atomic mass is 15.1. The molecule has 0 amide bonds. The van der Waals surface area contributed by atoms with Crippen molar-refractivity contribution in [3.05, 3.63) is 175 Å². The summed E-state index contributed by atoms with van der Waals surface area (Å²) in [6, 6.07) is 62.6. The van der Waals surface area contributed by atoms with Crippen molar-refractivity contribution in [1.82, 2.24) is 4.57 Å². The van der Waals surface area contributed by atoms with Gasteiger partial charge in [0.15, 0.2) is 0 Å². The number of aromatic nitrogens is 1. The first-order chi connectivity index (χ1) is 32.0. The first-order valence-corrected chi connectivity index (χ1v) is 25.4. The Kier molecular flexibility index (Phi) is 14.0. The monoisotopic (exact) mass is 855 g/mol. The lowest BCUT2D eigenvalue weighted by molar-refractivity contribution is 0.398. The maximum absolute atomic E-state index is 2.60. The van der Waals surface area contributed by atoms with Crippen LogP contribution in [0.15, 0.2) is 164 Å². The SMILES string of the molecule is CCCCCCCCC1(CCCCCCCC)c2ccccc2-c2ccc(N(c3ccc(-c4ccccc4)cc3)c3ccc(-c4ccc5c(c4)c4ccccc4n5C(C)CC)cc3)cc21. The molecule has 0 N–H and O–H groups in total. The zero-order valence-corrected chi connectivity index (χ0v) is 39.7. The highest BCUT2D eigenvalue weighted by Gasteiger charge is 2.42. The van der Waals surface area contributed by atoms with Crippen molar-refractivity contribution in [2.24, 2.45) is 0 Å². The highest BCUT2D eigenvalue weighted by molar-refractivity contribution is 6.09. The van der Waals surface area contributed by atoms with Crippen molar-refractivity contribution in [3.63, 3.8) is 0 Å². The van der Waals surface area contributed by atoms with Gasteiger partial charge in [-0.1, -0.05) is 207 Å². The molecular formula is C63H70N2. The van der Waals surface area contributed by atoms with Crippen LogP contribution in [-0.4, -0.2) is 4.57 Å². The van der Waals surface area contributed by atoms with Gasteiger partial charge in [-0.2, -0.15) is 0 Å². The topological polar surface area (TPSA) is 8.17 Å². The van der Waals surface area contributed by atoms with E-state index in [4.69, 9.17) is 0 Å². The first-order valence-electron chi connectivity index (χ1n) is 25.4. The molecule has 0 radical (unpaired) electrons. The number of anilines is 3. The minimum Gasteiger partial charge on any atom is -0.338 e. The fraction of sp³-hybridized carbons (Fsp3) is 0.333. The summed E-state index contributed by atoms with van der Waals surface area (Å²) in [7, 11) is 0. The molecule has 1 aliphatic rings. The number of hydrogen-bond donors (Lipinski definition) is 0. The highest BCUT2D eigenvalue weighted by Crippen LogP contribution is 2.55. The smallest absolute Gasteiger partial charge is 0.0494 e. The van der Waals surface area contributed by atoms with Crippen LogP contribution in [-0.2, 0) is 5.41 Å². The molecule has 332 valence electrons. The average molecular weight is 855 g/mol. The van der Waals surface area contributed by atoms with Crippen LogP contribution < -0.4 is 4.90 Å². The van der Waals surface area contributed by atoms with Crippen molar-refractivity contribution in [2.45, 2.75) is 135 Å². The van der Waals surface area contributed by atoms with Crippen LogP contribution in [0.1, 0.15) is 141 Å². The van der Waals surface area contributed by atoms with E-state index in [9.17, 15) is 0 Å². The summed E-state index contributed by atoms with van der Waals surface area (Å²) in [5.41, 5.74) is 17.1. The van der Waals surface area contributed by atoms with Crippen LogP contribution in [0.25, 0.3) is 55.2 Å². The van der Waals surface area contributed by atoms with Gasteiger partial charge >= 0.3 is 0 Å². The van der Waals surface area contributed by atoms with Gasteiger partial charge in [-0.15, -0.1) is 0 Å². The number of unbranched alkanes of at least 4 members (excludes halogenated alkanes) is 10. The molecule has 1 aliphatic carbocycles. The maximum atomic E-state index is 2.60. The van der Waals surface area contributed by atoms with Gasteiger partial charge in [0.25, 0.3) is 0 Å². The second-order valence-corrected chi connectivity index (χ2v) is 19.1. The lowest BCUT2D eigenvalue weighted by Crippen LogP contribution is -2.26. The molecule has 0 aliphatic heterocycles. The standard InChI is InChI=1S/C63H70N2/c1-5-8-10-12-14-23-43-63(44-24-15-13-11-9-6-2)59-29-21-19-27-55(59)56-41-40-54(46-60(56)63)65(52-36-31-49(32-37-52)48-25-17-16-18-26-48)53-38-33-50(34-39-53)51-35-42-62-58(45-51)57-28-20-22-30-61(57)64(62)47(4)7-3/h16-22,25-42,45-47H,5-15,23-24,43-44H2,1-4H3. The second-order valence-electron chi connectivity index (χ2n) is 19.1. The van der Waals surface area contributed by atoms with E-state index in [-0.39, 0.29) is 5.41 Å². The van der Waals surface area contributed by atoms with Gasteiger partial charge in [-0.25, -0.2) is 0 Å². The van der Waals surface area contributed by atoms with Crippen LogP contribution in [0.2, 0.25) is 0 Å². The Labute approximate surface area is 390 Å². The van der Waals surface area contributed by atoms with Crippen LogP contribution in [0.4, 0.5) is 17.1 Å². The van der Waals surface area contributed by atoms with Crippen molar-refractivity contribution in [2.75, 3.05) is 4.90 Å². The molecule has 0 saturated heterocycles. The first kappa shape index (κ1) is 44.3. The van der Waals surface area contributed by atoms with Gasteiger partial charge in [0.1, 0.15) is 0 Å². The van der Waals surface area contributed by atoms with Gasteiger partial charge in [0.2, 0.25) is 0 Å². The maximum Gasteiger partial charge on any atom is 0.0494 e. The van der Waals surface area contributed by atoms with Crippen molar-refractivity contribution in [1.29, 1.82) is 0 Å². The molecule has 7 aromatic carbocycles. The predicted octanol–water partition coefficient (Wildman–Crippen LogP) is 19.3. The third-order valence-corrected chi connectivity index (χ3v) is 14.9. The van der Waals surface area contributed by atoms with Gasteiger partial charge in [-0.3, -0.25) is 0 Å². The predicted molar refractivity (Wildman–Crippen MR) is 282 cm³/mol. The summed E-state index contributed by atoms with van der Waals surface area (Å²) in [5.74, 6) is 0. The summed E-state index contributed by atoms with van der Waals surface area (Å²) in [5, 5.41) is 2.65. The van der Waals surface area contributed by atoms with Crippen LogP contribution in [0.3, 0.4) is 0 Å². The number of rotatable bonds is 21. The molecule has 65 heavy (non-hydrogen) atoms. The lowest BCUT2D eigenvalue weighted by atomic mass is 9.70. The van der Waals surface area contributed by atoms with Crippen molar-refractivity contribution >= 4 is 38.9 Å². The summed E-state index contributed by atoms with van der Waals surface area (Å²) in [6.45, 7) is 9.27. The fourth-order valence-corrected chi connectivity index (χ4v) is 11.2. The molecule has 1 heterocycles. The Morgan fingerprint density at radius 3 is 1.58 bits per heavy atom. The molecule has 1 unspecified atom stereocenters. The summed E-state index contributed by atoms with van der Waals surface area (Å²) in [6.07, 6.45) is 19.4. The molecule has 2 heteroatoms. The zero-order valence-electron chi connectivity index (χ0n) is 39.7. The van der Waals surface area contributed by atoms with E-state index in [1.54, 1.807) is 5.56 Å². The number of benzene rings is 7. The molecule has 1 atom stereocenters. The minimum absolute atomic E-state index is 0.0147. The van der Waals surface area contributed by atoms with E-state index in [0.717, 1.165) is 6.42 Å². The number of fused-ring (bicyclic) bond motifs is 6. The minimum atomic E-state index is 0.0147. The van der Waals surface area contributed by atoms with Crippen molar-refractivity contribution < 1.29 is 0 Å². The number of para-hydroxylation sites is 1. The normalized spacial score (nSPS) is 13.3. The van der Waals surface area contributed by atoms with Crippen molar-refractivity contribution in [3.8, 4) is 33.4 Å². The average Bonchev–Trinajstić information content (AvgIpc) is 3.83. The Balaban J connectivity index is 1.12. The Bertz CT molecular complexity index is 2770. The van der Waals surface area contributed by atoms with E-state index in [0.29, 0.717) is 6.04 Å². The molecule has 0 bridgehead atoms.